The Kier molecular flexibility index (Phi) is 7.19. The highest BCUT2D eigenvalue weighted by Crippen LogP contribution is 2.19. The van der Waals surface area contributed by atoms with Gasteiger partial charge in [0.25, 0.3) is 5.91 Å². The van der Waals surface area contributed by atoms with Gasteiger partial charge in [0.05, 0.1) is 29.8 Å². The maximum Gasteiger partial charge on any atom is 0.253 e. The second kappa shape index (κ2) is 10.0. The molecular formula is C23H28N4O3. The molecule has 0 radical (unpaired) electrons. The number of amides is 3. The number of hydrogen-bond donors (Lipinski definition) is 3. The number of primary amides is 1. The summed E-state index contributed by atoms with van der Waals surface area (Å²) in [5.41, 5.74) is 7.28. The van der Waals surface area contributed by atoms with Gasteiger partial charge in [-0.15, -0.1) is 0 Å². The Morgan fingerprint density at radius 1 is 1.10 bits per heavy atom. The molecule has 0 saturated carbocycles. The highest BCUT2D eigenvalue weighted by Gasteiger charge is 2.25. The first-order valence-electron chi connectivity index (χ1n) is 10.2. The standard InChI is InChI=1S/C23H28N4O3/c1-16(17-8-3-2-4-9-17)25-23(30)19-11-5-6-12-20(19)26-21(28)15-27-13-7-10-18(14-27)22(24)29/h2-6,8-9,11-12,16,18H,7,10,13-15H2,1H3,(H2,24,29)(H,25,30)(H,26,28)/t16-,18-/m0/s1. The summed E-state index contributed by atoms with van der Waals surface area (Å²) in [6.07, 6.45) is 1.59. The van der Waals surface area contributed by atoms with Crippen LogP contribution in [-0.4, -0.2) is 42.3 Å². The van der Waals surface area contributed by atoms with Crippen molar-refractivity contribution < 1.29 is 14.4 Å². The van der Waals surface area contributed by atoms with E-state index in [1.165, 1.54) is 0 Å². The molecule has 2 aromatic rings. The second-order valence-electron chi connectivity index (χ2n) is 7.68. The first-order valence-corrected chi connectivity index (χ1v) is 10.2. The molecule has 2 aromatic carbocycles. The number of piperidine rings is 1. The predicted octanol–water partition coefficient (Wildman–Crippen LogP) is 2.31. The average molecular weight is 409 g/mol. The minimum atomic E-state index is -0.324. The van der Waals surface area contributed by atoms with Crippen LogP contribution < -0.4 is 16.4 Å². The van der Waals surface area contributed by atoms with Crippen LogP contribution in [0.4, 0.5) is 5.69 Å². The summed E-state index contributed by atoms with van der Waals surface area (Å²) in [7, 11) is 0. The van der Waals surface area contributed by atoms with Crippen LogP contribution in [-0.2, 0) is 9.59 Å². The molecule has 0 spiro atoms. The van der Waals surface area contributed by atoms with Gasteiger partial charge in [0.1, 0.15) is 0 Å². The number of hydrogen-bond acceptors (Lipinski definition) is 4. The highest BCUT2D eigenvalue weighted by molar-refractivity contribution is 6.04. The number of anilines is 1. The molecule has 30 heavy (non-hydrogen) atoms. The molecule has 3 amide bonds. The predicted molar refractivity (Wildman–Crippen MR) is 116 cm³/mol. The zero-order valence-electron chi connectivity index (χ0n) is 17.1. The smallest absolute Gasteiger partial charge is 0.253 e. The molecular weight excluding hydrogens is 380 g/mol. The third-order valence-corrected chi connectivity index (χ3v) is 5.37. The van der Waals surface area contributed by atoms with Gasteiger partial charge in [-0.2, -0.15) is 0 Å². The molecule has 1 saturated heterocycles. The van der Waals surface area contributed by atoms with E-state index in [2.05, 4.69) is 10.6 Å². The summed E-state index contributed by atoms with van der Waals surface area (Å²) in [5.74, 6) is -1.02. The normalized spacial score (nSPS) is 17.7. The third kappa shape index (κ3) is 5.67. The van der Waals surface area contributed by atoms with Crippen molar-refractivity contribution >= 4 is 23.4 Å². The first-order chi connectivity index (χ1) is 14.4. The fraction of sp³-hybridized carbons (Fsp3) is 0.348. The van der Waals surface area contributed by atoms with Crippen LogP contribution in [0, 0.1) is 5.92 Å². The van der Waals surface area contributed by atoms with E-state index < -0.39 is 0 Å². The SMILES string of the molecule is C[C@H](NC(=O)c1ccccc1NC(=O)CN1CCC[C@H](C(N)=O)C1)c1ccccc1. The Morgan fingerprint density at radius 2 is 1.80 bits per heavy atom. The molecule has 1 fully saturated rings. The number of para-hydroxylation sites is 1. The van der Waals surface area contributed by atoms with Gasteiger partial charge >= 0.3 is 0 Å². The number of rotatable bonds is 7. The van der Waals surface area contributed by atoms with Crippen LogP contribution in [0.5, 0.6) is 0 Å². The van der Waals surface area contributed by atoms with E-state index in [9.17, 15) is 14.4 Å². The number of nitrogens with one attached hydrogen (secondary N) is 2. The Morgan fingerprint density at radius 3 is 2.53 bits per heavy atom. The molecule has 2 atom stereocenters. The maximum absolute atomic E-state index is 12.8. The van der Waals surface area contributed by atoms with E-state index in [0.717, 1.165) is 24.9 Å². The average Bonchev–Trinajstić information content (AvgIpc) is 2.74. The molecule has 7 heteroatoms. The number of likely N-dealkylation sites (tertiary alicyclic amines) is 1. The van der Waals surface area contributed by atoms with Gasteiger partial charge in [-0.3, -0.25) is 19.3 Å². The van der Waals surface area contributed by atoms with Gasteiger partial charge in [0.15, 0.2) is 0 Å². The van der Waals surface area contributed by atoms with Crippen LogP contribution >= 0.6 is 0 Å². The van der Waals surface area contributed by atoms with E-state index in [4.69, 9.17) is 5.73 Å². The van der Waals surface area contributed by atoms with Crippen LogP contribution in [0.25, 0.3) is 0 Å². The Balaban J connectivity index is 1.62. The van der Waals surface area contributed by atoms with E-state index in [0.29, 0.717) is 17.8 Å². The van der Waals surface area contributed by atoms with Gasteiger partial charge in [-0.25, -0.2) is 0 Å². The van der Waals surface area contributed by atoms with Crippen molar-refractivity contribution in [2.75, 3.05) is 25.0 Å². The molecule has 1 heterocycles. The lowest BCUT2D eigenvalue weighted by atomic mass is 9.97. The van der Waals surface area contributed by atoms with E-state index >= 15 is 0 Å². The zero-order chi connectivity index (χ0) is 21.5. The molecule has 1 aliphatic heterocycles. The van der Waals surface area contributed by atoms with E-state index in [1.54, 1.807) is 24.3 Å². The van der Waals surface area contributed by atoms with Crippen LogP contribution in [0.3, 0.4) is 0 Å². The number of nitrogens with two attached hydrogens (primary N) is 1. The second-order valence-corrected chi connectivity index (χ2v) is 7.68. The topological polar surface area (TPSA) is 105 Å². The van der Waals surface area contributed by atoms with Crippen LogP contribution in [0.15, 0.2) is 54.6 Å². The number of nitrogens with zero attached hydrogens (tertiary/aromatic N) is 1. The van der Waals surface area contributed by atoms with Crippen molar-refractivity contribution in [3.63, 3.8) is 0 Å². The summed E-state index contributed by atoms with van der Waals surface area (Å²) in [4.78, 5) is 38.8. The van der Waals surface area contributed by atoms with Gasteiger partial charge in [0, 0.05) is 6.54 Å². The molecule has 4 N–H and O–H groups in total. The Labute approximate surface area is 176 Å². The number of carbonyl (C=O) groups excluding carboxylic acids is 3. The summed E-state index contributed by atoms with van der Waals surface area (Å²) in [6, 6.07) is 16.5. The molecule has 0 aromatic heterocycles. The summed E-state index contributed by atoms with van der Waals surface area (Å²) < 4.78 is 0. The van der Waals surface area contributed by atoms with Crippen molar-refractivity contribution in [2.45, 2.75) is 25.8 Å². The highest BCUT2D eigenvalue weighted by atomic mass is 16.2. The molecule has 3 rings (SSSR count). The van der Waals surface area contributed by atoms with Crippen molar-refractivity contribution in [1.29, 1.82) is 0 Å². The lowest BCUT2D eigenvalue weighted by molar-refractivity contribution is -0.125. The molecule has 0 unspecified atom stereocenters. The van der Waals surface area contributed by atoms with Crippen molar-refractivity contribution in [3.05, 3.63) is 65.7 Å². The third-order valence-electron chi connectivity index (χ3n) is 5.37. The van der Waals surface area contributed by atoms with Crippen molar-refractivity contribution in [2.24, 2.45) is 11.7 Å². The Bertz CT molecular complexity index is 900. The minimum absolute atomic E-state index is 0.153. The van der Waals surface area contributed by atoms with Crippen molar-refractivity contribution in [3.8, 4) is 0 Å². The zero-order valence-corrected chi connectivity index (χ0v) is 17.1. The fourth-order valence-corrected chi connectivity index (χ4v) is 3.71. The van der Waals surface area contributed by atoms with Gasteiger partial charge in [-0.05, 0) is 44.0 Å². The maximum atomic E-state index is 12.8. The van der Waals surface area contributed by atoms with Crippen molar-refractivity contribution in [1.82, 2.24) is 10.2 Å². The summed E-state index contributed by atoms with van der Waals surface area (Å²) in [6.45, 7) is 3.30. The molecule has 158 valence electrons. The first kappa shape index (κ1) is 21.5. The van der Waals surface area contributed by atoms with E-state index in [1.807, 2.05) is 42.2 Å². The summed E-state index contributed by atoms with van der Waals surface area (Å²) in [5, 5.41) is 5.81. The van der Waals surface area contributed by atoms with Gasteiger partial charge in [-0.1, -0.05) is 42.5 Å². The van der Waals surface area contributed by atoms with Gasteiger partial charge in [0.2, 0.25) is 11.8 Å². The quantitative estimate of drug-likeness (QED) is 0.654. The molecule has 0 aliphatic carbocycles. The fourth-order valence-electron chi connectivity index (χ4n) is 3.71. The van der Waals surface area contributed by atoms with Crippen LogP contribution in [0.1, 0.15) is 41.7 Å². The lowest BCUT2D eigenvalue weighted by Gasteiger charge is -2.30. The minimum Gasteiger partial charge on any atom is -0.369 e. The lowest BCUT2D eigenvalue weighted by Crippen LogP contribution is -2.44. The number of carbonyl (C=O) groups is 3. The monoisotopic (exact) mass is 408 g/mol. The molecule has 7 nitrogen and oxygen atoms in total. The van der Waals surface area contributed by atoms with Crippen LogP contribution in [0.2, 0.25) is 0 Å². The molecule has 0 bridgehead atoms. The Hall–Kier alpha value is -3.19. The molecule has 1 aliphatic rings. The van der Waals surface area contributed by atoms with E-state index in [-0.39, 0.29) is 36.2 Å². The summed E-state index contributed by atoms with van der Waals surface area (Å²) >= 11 is 0. The van der Waals surface area contributed by atoms with Gasteiger partial charge < -0.3 is 16.4 Å². The largest absolute Gasteiger partial charge is 0.369 e. The number of benzene rings is 2.